The molecule has 124 valence electrons. The summed E-state index contributed by atoms with van der Waals surface area (Å²) in [7, 11) is 1.60. The molecular formula is C16H23N5O2. The fraction of sp³-hybridized carbons (Fsp3) is 0.625. The lowest BCUT2D eigenvalue weighted by molar-refractivity contribution is -0.133. The van der Waals surface area contributed by atoms with Gasteiger partial charge in [-0.05, 0) is 32.3 Å². The molecule has 1 aliphatic heterocycles. The van der Waals surface area contributed by atoms with Crippen molar-refractivity contribution in [2.45, 2.75) is 39.2 Å². The van der Waals surface area contributed by atoms with E-state index in [1.54, 1.807) is 7.11 Å². The summed E-state index contributed by atoms with van der Waals surface area (Å²) in [6.45, 7) is 5.60. The van der Waals surface area contributed by atoms with E-state index in [2.05, 4.69) is 21.6 Å². The first-order valence-electron chi connectivity index (χ1n) is 7.84. The second-order valence-electron chi connectivity index (χ2n) is 5.79. The van der Waals surface area contributed by atoms with Crippen LogP contribution in [0.15, 0.2) is 0 Å². The minimum absolute atomic E-state index is 0.133. The van der Waals surface area contributed by atoms with Crippen molar-refractivity contribution < 1.29 is 9.53 Å². The average Bonchev–Trinajstić information content (AvgIpc) is 2.57. The van der Waals surface area contributed by atoms with E-state index in [0.29, 0.717) is 37.5 Å². The van der Waals surface area contributed by atoms with Gasteiger partial charge in [-0.3, -0.25) is 4.79 Å². The Morgan fingerprint density at radius 2 is 2.09 bits per heavy atom. The summed E-state index contributed by atoms with van der Waals surface area (Å²) in [6.07, 6.45) is 2.09. The van der Waals surface area contributed by atoms with E-state index in [0.717, 1.165) is 24.1 Å². The van der Waals surface area contributed by atoms with Gasteiger partial charge in [0, 0.05) is 26.2 Å². The van der Waals surface area contributed by atoms with Crippen molar-refractivity contribution in [1.29, 1.82) is 5.26 Å². The molecule has 0 saturated carbocycles. The van der Waals surface area contributed by atoms with Crippen LogP contribution in [0.1, 0.15) is 36.1 Å². The zero-order valence-corrected chi connectivity index (χ0v) is 13.9. The quantitative estimate of drug-likeness (QED) is 0.883. The number of nitriles is 1. The van der Waals surface area contributed by atoms with Crippen LogP contribution in [0.3, 0.4) is 0 Å². The minimum atomic E-state index is 0.133. The van der Waals surface area contributed by atoms with Crippen LogP contribution in [0.25, 0.3) is 0 Å². The van der Waals surface area contributed by atoms with Gasteiger partial charge in [0.15, 0.2) is 5.82 Å². The number of carbonyl (C=O) groups excluding carboxylic acids is 1. The molecular weight excluding hydrogens is 294 g/mol. The molecule has 0 bridgehead atoms. The summed E-state index contributed by atoms with van der Waals surface area (Å²) < 4.78 is 4.94. The van der Waals surface area contributed by atoms with E-state index in [1.807, 2.05) is 18.7 Å². The molecule has 7 nitrogen and oxygen atoms in total. The Labute approximate surface area is 136 Å². The number of piperidine rings is 1. The zero-order chi connectivity index (χ0) is 16.8. The molecule has 2 heterocycles. The normalized spacial score (nSPS) is 15.3. The number of methoxy groups -OCH3 is 1. The van der Waals surface area contributed by atoms with Crippen LogP contribution in [0.4, 0.5) is 5.82 Å². The first kappa shape index (κ1) is 17.2. The van der Waals surface area contributed by atoms with Crippen LogP contribution in [-0.2, 0) is 9.53 Å². The van der Waals surface area contributed by atoms with Crippen LogP contribution in [0.2, 0.25) is 0 Å². The standard InChI is InChI=1S/C16H23N5O2/c1-11-12(2)19-20-16(14(11)10-17)18-13-4-7-21(8-5-13)15(22)6-9-23-3/h13H,4-9H2,1-3H3,(H,18,20). The van der Waals surface area contributed by atoms with Gasteiger partial charge < -0.3 is 15.0 Å². The number of hydrogen-bond donors (Lipinski definition) is 1. The van der Waals surface area contributed by atoms with E-state index in [4.69, 9.17) is 4.74 Å². The predicted molar refractivity (Wildman–Crippen MR) is 85.9 cm³/mol. The highest BCUT2D eigenvalue weighted by Gasteiger charge is 2.23. The lowest BCUT2D eigenvalue weighted by atomic mass is 10.0. The maximum atomic E-state index is 12.0. The van der Waals surface area contributed by atoms with Crippen molar-refractivity contribution in [2.75, 3.05) is 32.1 Å². The third kappa shape index (κ3) is 4.17. The maximum Gasteiger partial charge on any atom is 0.224 e. The third-order valence-corrected chi connectivity index (χ3v) is 4.27. The minimum Gasteiger partial charge on any atom is -0.384 e. The van der Waals surface area contributed by atoms with Crippen molar-refractivity contribution in [2.24, 2.45) is 0 Å². The van der Waals surface area contributed by atoms with Gasteiger partial charge in [-0.25, -0.2) is 0 Å². The lowest BCUT2D eigenvalue weighted by Crippen LogP contribution is -2.42. The van der Waals surface area contributed by atoms with Gasteiger partial charge in [-0.1, -0.05) is 0 Å². The van der Waals surface area contributed by atoms with Gasteiger partial charge in [0.2, 0.25) is 5.91 Å². The fourth-order valence-electron chi connectivity index (χ4n) is 2.66. The van der Waals surface area contributed by atoms with E-state index in [1.165, 1.54) is 0 Å². The van der Waals surface area contributed by atoms with E-state index < -0.39 is 0 Å². The SMILES string of the molecule is COCCC(=O)N1CCC(Nc2nnc(C)c(C)c2C#N)CC1. The molecule has 7 heteroatoms. The van der Waals surface area contributed by atoms with Crippen LogP contribution in [-0.4, -0.2) is 53.9 Å². The Hall–Kier alpha value is -2.20. The van der Waals surface area contributed by atoms with Gasteiger partial charge >= 0.3 is 0 Å². The first-order valence-corrected chi connectivity index (χ1v) is 7.84. The van der Waals surface area contributed by atoms with Gasteiger partial charge in [-0.2, -0.15) is 10.4 Å². The van der Waals surface area contributed by atoms with Crippen LogP contribution in [0.5, 0.6) is 0 Å². The van der Waals surface area contributed by atoms with Crippen molar-refractivity contribution in [3.63, 3.8) is 0 Å². The molecule has 1 N–H and O–H groups in total. The number of nitrogens with one attached hydrogen (secondary N) is 1. The third-order valence-electron chi connectivity index (χ3n) is 4.27. The summed E-state index contributed by atoms with van der Waals surface area (Å²) in [4.78, 5) is 13.8. The van der Waals surface area contributed by atoms with E-state index >= 15 is 0 Å². The molecule has 0 unspecified atom stereocenters. The second-order valence-corrected chi connectivity index (χ2v) is 5.79. The molecule has 1 aromatic rings. The number of likely N-dealkylation sites (tertiary alicyclic amines) is 1. The monoisotopic (exact) mass is 317 g/mol. The molecule has 2 rings (SSSR count). The Balaban J connectivity index is 1.94. The molecule has 0 spiro atoms. The Kier molecular flexibility index (Phi) is 5.88. The van der Waals surface area contributed by atoms with Gasteiger partial charge in [-0.15, -0.1) is 5.10 Å². The molecule has 23 heavy (non-hydrogen) atoms. The van der Waals surface area contributed by atoms with Gasteiger partial charge in [0.1, 0.15) is 11.6 Å². The molecule has 0 atom stereocenters. The van der Waals surface area contributed by atoms with Crippen molar-refractivity contribution >= 4 is 11.7 Å². The van der Waals surface area contributed by atoms with Gasteiger partial charge in [0.25, 0.3) is 0 Å². The summed E-state index contributed by atoms with van der Waals surface area (Å²) in [6, 6.07) is 2.40. The molecule has 1 aromatic heterocycles. The summed E-state index contributed by atoms with van der Waals surface area (Å²) in [5.74, 6) is 0.675. The molecule has 1 fully saturated rings. The lowest BCUT2D eigenvalue weighted by Gasteiger charge is -2.32. The van der Waals surface area contributed by atoms with Crippen LogP contribution < -0.4 is 5.32 Å². The highest BCUT2D eigenvalue weighted by atomic mass is 16.5. The summed E-state index contributed by atoms with van der Waals surface area (Å²) >= 11 is 0. The van der Waals surface area contributed by atoms with Crippen LogP contribution >= 0.6 is 0 Å². The molecule has 0 radical (unpaired) electrons. The number of hydrogen-bond acceptors (Lipinski definition) is 6. The van der Waals surface area contributed by atoms with E-state index in [-0.39, 0.29) is 11.9 Å². The number of carbonyl (C=O) groups is 1. The number of rotatable bonds is 5. The summed E-state index contributed by atoms with van der Waals surface area (Å²) in [5.41, 5.74) is 2.18. The smallest absolute Gasteiger partial charge is 0.224 e. The number of anilines is 1. The molecule has 0 aromatic carbocycles. The largest absolute Gasteiger partial charge is 0.384 e. The van der Waals surface area contributed by atoms with Crippen molar-refractivity contribution in [3.8, 4) is 6.07 Å². The van der Waals surface area contributed by atoms with Crippen LogP contribution in [0, 0.1) is 25.2 Å². The molecule has 0 aliphatic carbocycles. The average molecular weight is 317 g/mol. The molecule has 1 saturated heterocycles. The number of nitrogens with zero attached hydrogens (tertiary/aromatic N) is 4. The Bertz CT molecular complexity index is 603. The molecule has 1 amide bonds. The highest BCUT2D eigenvalue weighted by Crippen LogP contribution is 2.21. The van der Waals surface area contributed by atoms with Crippen molar-refractivity contribution in [1.82, 2.24) is 15.1 Å². The fourth-order valence-corrected chi connectivity index (χ4v) is 2.66. The maximum absolute atomic E-state index is 12.0. The number of amides is 1. The second kappa shape index (κ2) is 7.88. The Morgan fingerprint density at radius 1 is 1.39 bits per heavy atom. The van der Waals surface area contributed by atoms with Gasteiger partial charge in [0.05, 0.1) is 18.7 Å². The van der Waals surface area contributed by atoms with Crippen molar-refractivity contribution in [3.05, 3.63) is 16.8 Å². The first-order chi connectivity index (χ1) is 11.1. The zero-order valence-electron chi connectivity index (χ0n) is 13.9. The topological polar surface area (TPSA) is 91.1 Å². The number of aryl methyl sites for hydroxylation is 1. The number of ether oxygens (including phenoxy) is 1. The van der Waals surface area contributed by atoms with E-state index in [9.17, 15) is 10.1 Å². The number of aromatic nitrogens is 2. The highest BCUT2D eigenvalue weighted by molar-refractivity contribution is 5.76. The molecule has 1 aliphatic rings. The Morgan fingerprint density at radius 3 is 2.70 bits per heavy atom. The predicted octanol–water partition coefficient (Wildman–Crippen LogP) is 1.40. The summed E-state index contributed by atoms with van der Waals surface area (Å²) in [5, 5.41) is 20.8.